The van der Waals surface area contributed by atoms with E-state index in [0.29, 0.717) is 23.7 Å². The molecule has 8 nitrogen and oxygen atoms in total. The van der Waals surface area contributed by atoms with Gasteiger partial charge in [-0.15, -0.1) is 0 Å². The Morgan fingerprint density at radius 2 is 1.75 bits per heavy atom. The summed E-state index contributed by atoms with van der Waals surface area (Å²) in [5.74, 6) is 0.550. The predicted molar refractivity (Wildman–Crippen MR) is 107 cm³/mol. The van der Waals surface area contributed by atoms with Crippen LogP contribution in [0, 0.1) is 0 Å². The van der Waals surface area contributed by atoms with Crippen LogP contribution in [-0.2, 0) is 20.6 Å². The fraction of sp³-hybridized carbons (Fsp3) is 0.250. The van der Waals surface area contributed by atoms with Crippen LogP contribution in [-0.4, -0.2) is 36.4 Å². The lowest BCUT2D eigenvalue weighted by Crippen LogP contribution is -2.40. The molecule has 1 aliphatic rings. The monoisotopic (exact) mass is 377 g/mol. The summed E-state index contributed by atoms with van der Waals surface area (Å²) in [7, 11) is 3.05. The van der Waals surface area contributed by atoms with Crippen LogP contribution in [0.3, 0.4) is 0 Å². The molecule has 1 aliphatic heterocycles. The zero-order valence-electron chi connectivity index (χ0n) is 15.5. The minimum absolute atomic E-state index is 0.253. The van der Waals surface area contributed by atoms with Crippen LogP contribution >= 0.6 is 0 Å². The molecule has 0 aliphatic carbocycles. The number of fused-ring (bicyclic) bond motifs is 4. The fourth-order valence-electron chi connectivity index (χ4n) is 3.94. The highest BCUT2D eigenvalue weighted by atomic mass is 16.3. The molecule has 0 radical (unpaired) electrons. The predicted octanol–water partition coefficient (Wildman–Crippen LogP) is 1.10. The number of β-amino-alcohol motifs (C(OH)–C–C–N with tert-alkyl or cyclic N) is 1. The maximum atomic E-state index is 12.7. The topological polar surface area (TPSA) is 85.3 Å². The molecule has 3 heterocycles. The zero-order valence-corrected chi connectivity index (χ0v) is 15.5. The van der Waals surface area contributed by atoms with Gasteiger partial charge in [-0.1, -0.05) is 30.3 Å². The van der Waals surface area contributed by atoms with Gasteiger partial charge in [0.2, 0.25) is 5.95 Å². The van der Waals surface area contributed by atoms with E-state index < -0.39 is 17.4 Å². The van der Waals surface area contributed by atoms with Gasteiger partial charge in [0.1, 0.15) is 0 Å². The number of imidazole rings is 1. The number of aliphatic hydroxyl groups is 1. The summed E-state index contributed by atoms with van der Waals surface area (Å²) in [5.41, 5.74) is 0.679. The molecule has 1 atom stereocenters. The van der Waals surface area contributed by atoms with Crippen molar-refractivity contribution in [2.24, 2.45) is 14.1 Å². The van der Waals surface area contributed by atoms with Crippen molar-refractivity contribution in [3.8, 4) is 0 Å². The molecule has 0 bridgehead atoms. The van der Waals surface area contributed by atoms with Crippen LogP contribution in [0.25, 0.3) is 21.9 Å². The summed E-state index contributed by atoms with van der Waals surface area (Å²) in [6.45, 7) is 0.610. The molecular formula is C20H19N5O3. The van der Waals surface area contributed by atoms with Crippen molar-refractivity contribution in [1.29, 1.82) is 0 Å². The molecular weight excluding hydrogens is 358 g/mol. The third-order valence-corrected chi connectivity index (χ3v) is 5.40. The van der Waals surface area contributed by atoms with Crippen LogP contribution in [0.4, 0.5) is 11.6 Å². The largest absolute Gasteiger partial charge is 0.389 e. The van der Waals surface area contributed by atoms with Gasteiger partial charge in [0, 0.05) is 19.8 Å². The van der Waals surface area contributed by atoms with Crippen molar-refractivity contribution in [1.82, 2.24) is 18.7 Å². The van der Waals surface area contributed by atoms with Gasteiger partial charge >= 0.3 is 5.69 Å². The standard InChI is InChI=1S/C20H19N5O3/c1-22-17-16(18(27)23(2)20(22)28)25-11-15(26)10-24(19(25)21-17)14-8-7-12-5-3-4-6-13(12)9-14/h3-9,15,26H,10-11H2,1-2H3/t15-/m0/s1. The van der Waals surface area contributed by atoms with E-state index in [1.807, 2.05) is 47.4 Å². The maximum absolute atomic E-state index is 12.7. The van der Waals surface area contributed by atoms with Crippen molar-refractivity contribution < 1.29 is 5.11 Å². The van der Waals surface area contributed by atoms with Crippen molar-refractivity contribution >= 4 is 33.6 Å². The van der Waals surface area contributed by atoms with Gasteiger partial charge in [0.25, 0.3) is 5.56 Å². The molecule has 5 rings (SSSR count). The molecule has 0 unspecified atom stereocenters. The molecule has 4 aromatic rings. The van der Waals surface area contributed by atoms with E-state index in [1.165, 1.54) is 11.6 Å². The van der Waals surface area contributed by atoms with Gasteiger partial charge in [-0.3, -0.25) is 13.9 Å². The second-order valence-electron chi connectivity index (χ2n) is 7.20. The summed E-state index contributed by atoms with van der Waals surface area (Å²) in [4.78, 5) is 31.5. The second-order valence-corrected chi connectivity index (χ2v) is 7.20. The lowest BCUT2D eigenvalue weighted by atomic mass is 10.1. The van der Waals surface area contributed by atoms with Crippen molar-refractivity contribution in [3.63, 3.8) is 0 Å². The number of anilines is 2. The van der Waals surface area contributed by atoms with Crippen molar-refractivity contribution in [3.05, 3.63) is 63.3 Å². The van der Waals surface area contributed by atoms with E-state index in [4.69, 9.17) is 0 Å². The Morgan fingerprint density at radius 1 is 1.00 bits per heavy atom. The van der Waals surface area contributed by atoms with Crippen LogP contribution in [0.5, 0.6) is 0 Å². The number of aryl methyl sites for hydroxylation is 1. The van der Waals surface area contributed by atoms with Gasteiger partial charge in [-0.05, 0) is 22.9 Å². The van der Waals surface area contributed by atoms with E-state index >= 15 is 0 Å². The van der Waals surface area contributed by atoms with Crippen molar-refractivity contribution in [2.45, 2.75) is 12.6 Å². The first-order chi connectivity index (χ1) is 13.5. The number of rotatable bonds is 1. The van der Waals surface area contributed by atoms with E-state index in [9.17, 15) is 14.7 Å². The first kappa shape index (κ1) is 16.8. The molecule has 0 saturated carbocycles. The highest BCUT2D eigenvalue weighted by molar-refractivity contribution is 5.87. The van der Waals surface area contributed by atoms with Crippen LogP contribution in [0.15, 0.2) is 52.1 Å². The molecule has 28 heavy (non-hydrogen) atoms. The Balaban J connectivity index is 1.79. The smallest absolute Gasteiger partial charge is 0.332 e. The molecule has 2 aromatic carbocycles. The number of aromatic nitrogens is 4. The molecule has 8 heteroatoms. The van der Waals surface area contributed by atoms with Gasteiger partial charge in [-0.25, -0.2) is 4.79 Å². The number of nitrogens with zero attached hydrogens (tertiary/aromatic N) is 5. The molecule has 2 aromatic heterocycles. The fourth-order valence-corrected chi connectivity index (χ4v) is 3.94. The zero-order chi connectivity index (χ0) is 19.6. The summed E-state index contributed by atoms with van der Waals surface area (Å²) >= 11 is 0. The summed E-state index contributed by atoms with van der Waals surface area (Å²) in [5, 5.41) is 12.7. The Morgan fingerprint density at radius 3 is 2.54 bits per heavy atom. The first-order valence-corrected chi connectivity index (χ1v) is 9.06. The SMILES string of the molecule is Cn1c(=O)c2c(nc3n2C[C@@H](O)CN3c2ccc3ccccc3c2)n(C)c1=O. The van der Waals surface area contributed by atoms with E-state index in [0.717, 1.165) is 21.0 Å². The average molecular weight is 377 g/mol. The minimum atomic E-state index is -0.668. The number of hydrogen-bond acceptors (Lipinski definition) is 5. The van der Waals surface area contributed by atoms with E-state index in [1.54, 1.807) is 11.6 Å². The van der Waals surface area contributed by atoms with Crippen LogP contribution in [0.1, 0.15) is 0 Å². The molecule has 142 valence electrons. The molecule has 0 fully saturated rings. The minimum Gasteiger partial charge on any atom is -0.389 e. The molecule has 0 spiro atoms. The first-order valence-electron chi connectivity index (χ1n) is 9.06. The number of aliphatic hydroxyl groups excluding tert-OH is 1. The Bertz CT molecular complexity index is 1360. The van der Waals surface area contributed by atoms with Crippen molar-refractivity contribution in [2.75, 3.05) is 11.4 Å². The van der Waals surface area contributed by atoms with E-state index in [2.05, 4.69) is 4.98 Å². The number of hydrogen-bond donors (Lipinski definition) is 1. The maximum Gasteiger partial charge on any atom is 0.332 e. The Labute approximate surface area is 159 Å². The van der Waals surface area contributed by atoms with Gasteiger partial charge in [0.15, 0.2) is 11.2 Å². The Kier molecular flexibility index (Phi) is 3.47. The Hall–Kier alpha value is -3.39. The molecule has 0 saturated heterocycles. The van der Waals surface area contributed by atoms with Gasteiger partial charge < -0.3 is 14.6 Å². The lowest BCUT2D eigenvalue weighted by molar-refractivity contribution is 0.154. The summed E-state index contributed by atoms with van der Waals surface area (Å²) in [6, 6.07) is 14.1. The third-order valence-electron chi connectivity index (χ3n) is 5.40. The highest BCUT2D eigenvalue weighted by Gasteiger charge is 2.30. The average Bonchev–Trinajstić information content (AvgIpc) is 3.09. The van der Waals surface area contributed by atoms with Crippen LogP contribution < -0.4 is 16.1 Å². The van der Waals surface area contributed by atoms with E-state index in [-0.39, 0.29) is 6.54 Å². The normalized spacial score (nSPS) is 16.7. The lowest BCUT2D eigenvalue weighted by Gasteiger charge is -2.32. The highest BCUT2D eigenvalue weighted by Crippen LogP contribution is 2.32. The third kappa shape index (κ3) is 2.24. The number of benzene rings is 2. The quantitative estimate of drug-likeness (QED) is 0.537. The summed E-state index contributed by atoms with van der Waals surface area (Å²) in [6.07, 6.45) is -0.668. The van der Waals surface area contributed by atoms with Gasteiger partial charge in [0.05, 0.1) is 19.2 Å². The second kappa shape index (κ2) is 5.80. The van der Waals surface area contributed by atoms with Gasteiger partial charge in [-0.2, -0.15) is 4.98 Å². The van der Waals surface area contributed by atoms with Crippen LogP contribution in [0.2, 0.25) is 0 Å². The summed E-state index contributed by atoms with van der Waals surface area (Å²) < 4.78 is 4.14. The molecule has 0 amide bonds. The molecule has 1 N–H and O–H groups in total.